The van der Waals surface area contributed by atoms with Crippen LogP contribution < -0.4 is 0 Å². The van der Waals surface area contributed by atoms with Crippen LogP contribution in [-0.2, 0) is 4.74 Å². The maximum Gasteiger partial charge on any atom is 0.269 e. The van der Waals surface area contributed by atoms with Crippen LogP contribution in [0.3, 0.4) is 0 Å². The zero-order valence-electron chi connectivity index (χ0n) is 8.70. The van der Waals surface area contributed by atoms with E-state index in [1.165, 1.54) is 12.1 Å². The average molecular weight is 223 g/mol. The SMILES string of the molecule is O=[N+]([O-])c1ccc(C2COC(CO)C2)cc1. The summed E-state index contributed by atoms with van der Waals surface area (Å²) in [5, 5.41) is 19.4. The first-order chi connectivity index (χ1) is 7.70. The first-order valence-electron chi connectivity index (χ1n) is 5.17. The molecule has 1 N–H and O–H groups in total. The molecule has 0 saturated carbocycles. The van der Waals surface area contributed by atoms with Crippen molar-refractivity contribution in [1.29, 1.82) is 0 Å². The Morgan fingerprint density at radius 3 is 2.62 bits per heavy atom. The number of non-ortho nitro benzene ring substituents is 1. The quantitative estimate of drug-likeness (QED) is 0.622. The topological polar surface area (TPSA) is 72.6 Å². The van der Waals surface area contributed by atoms with Gasteiger partial charge in [-0.15, -0.1) is 0 Å². The van der Waals surface area contributed by atoms with E-state index in [1.54, 1.807) is 12.1 Å². The van der Waals surface area contributed by atoms with E-state index >= 15 is 0 Å². The smallest absolute Gasteiger partial charge is 0.269 e. The van der Waals surface area contributed by atoms with E-state index in [4.69, 9.17) is 9.84 Å². The molecule has 86 valence electrons. The van der Waals surface area contributed by atoms with Crippen molar-refractivity contribution >= 4 is 5.69 Å². The normalized spacial score (nSPS) is 24.6. The third-order valence-electron chi connectivity index (χ3n) is 2.86. The number of nitro benzene ring substituents is 1. The first-order valence-corrected chi connectivity index (χ1v) is 5.17. The van der Waals surface area contributed by atoms with Gasteiger partial charge in [-0.2, -0.15) is 0 Å². The zero-order valence-corrected chi connectivity index (χ0v) is 8.70. The second-order valence-electron chi connectivity index (χ2n) is 3.92. The molecule has 0 aromatic heterocycles. The second kappa shape index (κ2) is 4.59. The molecule has 0 spiro atoms. The highest BCUT2D eigenvalue weighted by Gasteiger charge is 2.26. The Bertz CT molecular complexity index is 376. The highest BCUT2D eigenvalue weighted by molar-refractivity contribution is 5.34. The van der Waals surface area contributed by atoms with Gasteiger partial charge in [0, 0.05) is 18.1 Å². The number of nitro groups is 1. The molecule has 1 heterocycles. The van der Waals surface area contributed by atoms with Crippen molar-refractivity contribution < 1.29 is 14.8 Å². The number of nitrogens with zero attached hydrogens (tertiary/aromatic N) is 1. The summed E-state index contributed by atoms with van der Waals surface area (Å²) in [6.45, 7) is 0.604. The van der Waals surface area contributed by atoms with Gasteiger partial charge in [-0.25, -0.2) is 0 Å². The molecule has 5 heteroatoms. The maximum absolute atomic E-state index is 10.5. The lowest BCUT2D eigenvalue weighted by Crippen LogP contribution is -2.09. The summed E-state index contributed by atoms with van der Waals surface area (Å²) in [5.74, 6) is 0.234. The van der Waals surface area contributed by atoms with Crippen LogP contribution in [0.1, 0.15) is 17.9 Å². The van der Waals surface area contributed by atoms with E-state index in [0.29, 0.717) is 6.61 Å². The summed E-state index contributed by atoms with van der Waals surface area (Å²) in [5.41, 5.74) is 1.13. The number of hydrogen-bond acceptors (Lipinski definition) is 4. The molecule has 2 rings (SSSR count). The number of hydrogen-bond donors (Lipinski definition) is 1. The molecule has 2 atom stereocenters. The standard InChI is InChI=1S/C11H13NO4/c13-6-11-5-9(7-16-11)8-1-3-10(4-2-8)12(14)15/h1-4,9,11,13H,5-7H2. The molecule has 0 radical (unpaired) electrons. The van der Waals surface area contributed by atoms with Crippen LogP contribution in [0.15, 0.2) is 24.3 Å². The molecule has 16 heavy (non-hydrogen) atoms. The highest BCUT2D eigenvalue weighted by atomic mass is 16.6. The van der Waals surface area contributed by atoms with Crippen molar-refractivity contribution in [2.45, 2.75) is 18.4 Å². The third-order valence-corrected chi connectivity index (χ3v) is 2.86. The van der Waals surface area contributed by atoms with Crippen molar-refractivity contribution in [2.24, 2.45) is 0 Å². The maximum atomic E-state index is 10.5. The fourth-order valence-corrected chi connectivity index (χ4v) is 1.93. The summed E-state index contributed by atoms with van der Waals surface area (Å²) in [6, 6.07) is 6.51. The molecule has 0 amide bonds. The average Bonchev–Trinajstić information content (AvgIpc) is 2.77. The van der Waals surface area contributed by atoms with Gasteiger partial charge in [0.05, 0.1) is 24.2 Å². The van der Waals surface area contributed by atoms with Crippen LogP contribution >= 0.6 is 0 Å². The lowest BCUT2D eigenvalue weighted by molar-refractivity contribution is -0.384. The van der Waals surface area contributed by atoms with E-state index in [2.05, 4.69) is 0 Å². The summed E-state index contributed by atoms with van der Waals surface area (Å²) in [4.78, 5) is 10.1. The summed E-state index contributed by atoms with van der Waals surface area (Å²) in [7, 11) is 0. The number of benzene rings is 1. The Morgan fingerprint density at radius 2 is 2.12 bits per heavy atom. The van der Waals surface area contributed by atoms with Gasteiger partial charge in [-0.05, 0) is 12.0 Å². The molecule has 0 aliphatic carbocycles. The lowest BCUT2D eigenvalue weighted by atomic mass is 9.96. The van der Waals surface area contributed by atoms with Gasteiger partial charge in [0.2, 0.25) is 0 Å². The molecule has 0 bridgehead atoms. The molecular formula is C11H13NO4. The third kappa shape index (κ3) is 2.20. The predicted octanol–water partition coefficient (Wildman–Crippen LogP) is 1.46. The van der Waals surface area contributed by atoms with E-state index < -0.39 is 4.92 Å². The van der Waals surface area contributed by atoms with Gasteiger partial charge in [-0.1, -0.05) is 12.1 Å². The molecule has 5 nitrogen and oxygen atoms in total. The van der Waals surface area contributed by atoms with Gasteiger partial charge < -0.3 is 9.84 Å². The van der Waals surface area contributed by atoms with E-state index in [-0.39, 0.29) is 24.3 Å². The van der Waals surface area contributed by atoms with Crippen LogP contribution in [0.25, 0.3) is 0 Å². The summed E-state index contributed by atoms with van der Waals surface area (Å²) in [6.07, 6.45) is 0.675. The van der Waals surface area contributed by atoms with Gasteiger partial charge in [0.15, 0.2) is 0 Å². The van der Waals surface area contributed by atoms with Crippen molar-refractivity contribution in [3.05, 3.63) is 39.9 Å². The highest BCUT2D eigenvalue weighted by Crippen LogP contribution is 2.30. The van der Waals surface area contributed by atoms with Gasteiger partial charge in [-0.3, -0.25) is 10.1 Å². The van der Waals surface area contributed by atoms with Crippen molar-refractivity contribution in [1.82, 2.24) is 0 Å². The Balaban J connectivity index is 2.08. The summed E-state index contributed by atoms with van der Waals surface area (Å²) >= 11 is 0. The number of rotatable bonds is 3. The van der Waals surface area contributed by atoms with Crippen molar-refractivity contribution in [3.8, 4) is 0 Å². The largest absolute Gasteiger partial charge is 0.394 e. The number of aliphatic hydroxyl groups is 1. The molecule has 1 saturated heterocycles. The van der Waals surface area contributed by atoms with Gasteiger partial charge in [0.25, 0.3) is 5.69 Å². The minimum Gasteiger partial charge on any atom is -0.394 e. The summed E-state index contributed by atoms with van der Waals surface area (Å²) < 4.78 is 5.36. The molecule has 1 aromatic carbocycles. The molecule has 1 aromatic rings. The minimum atomic E-state index is -0.411. The molecule has 1 aliphatic rings. The Morgan fingerprint density at radius 1 is 1.44 bits per heavy atom. The number of ether oxygens (including phenoxy) is 1. The molecule has 1 aliphatic heterocycles. The fraction of sp³-hybridized carbons (Fsp3) is 0.455. The van der Waals surface area contributed by atoms with Gasteiger partial charge in [0.1, 0.15) is 0 Å². The van der Waals surface area contributed by atoms with Crippen LogP contribution in [0.5, 0.6) is 0 Å². The Kier molecular flexibility index (Phi) is 3.17. The van der Waals surface area contributed by atoms with E-state index in [1.807, 2.05) is 0 Å². The van der Waals surface area contributed by atoms with E-state index in [0.717, 1.165) is 12.0 Å². The molecule has 2 unspecified atom stereocenters. The first kappa shape index (κ1) is 11.0. The van der Waals surface area contributed by atoms with Crippen LogP contribution in [0, 0.1) is 10.1 Å². The monoisotopic (exact) mass is 223 g/mol. The van der Waals surface area contributed by atoms with E-state index in [9.17, 15) is 10.1 Å². The molecule has 1 fully saturated rings. The zero-order chi connectivity index (χ0) is 11.5. The Labute approximate surface area is 92.8 Å². The van der Waals surface area contributed by atoms with Crippen LogP contribution in [0.2, 0.25) is 0 Å². The van der Waals surface area contributed by atoms with Crippen LogP contribution in [-0.4, -0.2) is 29.3 Å². The molecular weight excluding hydrogens is 210 g/mol. The van der Waals surface area contributed by atoms with Crippen molar-refractivity contribution in [2.75, 3.05) is 13.2 Å². The van der Waals surface area contributed by atoms with Gasteiger partial charge >= 0.3 is 0 Å². The minimum absolute atomic E-state index is 0.0312. The lowest BCUT2D eigenvalue weighted by Gasteiger charge is -2.07. The Hall–Kier alpha value is -1.46. The number of aliphatic hydroxyl groups excluding tert-OH is 1. The van der Waals surface area contributed by atoms with Crippen LogP contribution in [0.4, 0.5) is 5.69 Å². The second-order valence-corrected chi connectivity index (χ2v) is 3.92. The predicted molar refractivity (Wildman–Crippen MR) is 57.3 cm³/mol. The fourth-order valence-electron chi connectivity index (χ4n) is 1.93. The van der Waals surface area contributed by atoms with Crippen molar-refractivity contribution in [3.63, 3.8) is 0 Å².